The summed E-state index contributed by atoms with van der Waals surface area (Å²) in [6.45, 7) is 2.60. The number of thioether (sulfide) groups is 1. The summed E-state index contributed by atoms with van der Waals surface area (Å²) in [5, 5.41) is 20.5. The van der Waals surface area contributed by atoms with Gasteiger partial charge in [-0.2, -0.15) is 0 Å². The van der Waals surface area contributed by atoms with E-state index in [1.165, 1.54) is 12.1 Å². The minimum absolute atomic E-state index is 0.0331. The second kappa shape index (κ2) is 11.1. The molecule has 0 atom stereocenters. The standard InChI is InChI=1S/C23H25N5O4S/c29-21(26-13-15-32-16-14-26)8-4-5-17-33-23-25-24-22(27(23)19-6-2-1-3-7-19)18-9-11-20(12-10-18)28(30)31/h1-3,6-7,9-12H,4-5,8,13-17H2. The first-order valence-electron chi connectivity index (χ1n) is 10.9. The number of nitrogens with zero attached hydrogens (tertiary/aromatic N) is 5. The second-order valence-corrected chi connectivity index (χ2v) is 8.64. The Kier molecular flexibility index (Phi) is 7.69. The molecule has 0 N–H and O–H groups in total. The number of ether oxygens (including phenoxy) is 1. The molecule has 1 aliphatic rings. The average molecular weight is 468 g/mol. The van der Waals surface area contributed by atoms with E-state index in [2.05, 4.69) is 10.2 Å². The molecule has 2 aromatic carbocycles. The van der Waals surface area contributed by atoms with Crippen molar-refractivity contribution in [2.24, 2.45) is 0 Å². The van der Waals surface area contributed by atoms with Crippen LogP contribution in [0.15, 0.2) is 59.8 Å². The lowest BCUT2D eigenvalue weighted by atomic mass is 10.2. The Morgan fingerprint density at radius 3 is 2.45 bits per heavy atom. The molecule has 0 aliphatic carbocycles. The number of non-ortho nitro benzene ring substituents is 1. The monoisotopic (exact) mass is 467 g/mol. The molecule has 1 saturated heterocycles. The van der Waals surface area contributed by atoms with Gasteiger partial charge >= 0.3 is 0 Å². The van der Waals surface area contributed by atoms with Gasteiger partial charge < -0.3 is 9.64 Å². The molecule has 0 saturated carbocycles. The highest BCUT2D eigenvalue weighted by Crippen LogP contribution is 2.29. The molecule has 33 heavy (non-hydrogen) atoms. The zero-order chi connectivity index (χ0) is 23.0. The van der Waals surface area contributed by atoms with Crippen LogP contribution in [0.3, 0.4) is 0 Å². The van der Waals surface area contributed by atoms with Crippen LogP contribution in [-0.2, 0) is 9.53 Å². The van der Waals surface area contributed by atoms with Gasteiger partial charge in [-0.05, 0) is 37.1 Å². The van der Waals surface area contributed by atoms with Crippen LogP contribution < -0.4 is 0 Å². The second-order valence-electron chi connectivity index (χ2n) is 7.58. The number of amides is 1. The molecule has 10 heteroatoms. The molecule has 2 heterocycles. The van der Waals surface area contributed by atoms with E-state index < -0.39 is 4.92 Å². The highest BCUT2D eigenvalue weighted by molar-refractivity contribution is 7.99. The van der Waals surface area contributed by atoms with E-state index in [0.29, 0.717) is 38.5 Å². The summed E-state index contributed by atoms with van der Waals surface area (Å²) >= 11 is 1.59. The number of rotatable bonds is 9. The van der Waals surface area contributed by atoms with Crippen LogP contribution in [0.1, 0.15) is 19.3 Å². The first kappa shape index (κ1) is 22.9. The van der Waals surface area contributed by atoms with Gasteiger partial charge in [0.25, 0.3) is 5.69 Å². The molecule has 1 aliphatic heterocycles. The summed E-state index contributed by atoms with van der Waals surface area (Å²) in [6, 6.07) is 16.1. The average Bonchev–Trinajstić information content (AvgIpc) is 3.28. The SMILES string of the molecule is O=C(CCCCSc1nnc(-c2ccc([N+](=O)[O-])cc2)n1-c1ccccc1)N1CCOCC1. The summed E-state index contributed by atoms with van der Waals surface area (Å²) in [5.41, 5.74) is 1.70. The van der Waals surface area contributed by atoms with Crippen LogP contribution in [0.5, 0.6) is 0 Å². The molecule has 0 bridgehead atoms. The summed E-state index contributed by atoms with van der Waals surface area (Å²) in [7, 11) is 0. The highest BCUT2D eigenvalue weighted by Gasteiger charge is 2.18. The van der Waals surface area contributed by atoms with Gasteiger partial charge in [-0.1, -0.05) is 30.0 Å². The van der Waals surface area contributed by atoms with Crippen molar-refractivity contribution >= 4 is 23.4 Å². The number of unbranched alkanes of at least 4 members (excludes halogenated alkanes) is 1. The van der Waals surface area contributed by atoms with E-state index in [9.17, 15) is 14.9 Å². The number of benzene rings is 2. The predicted octanol–water partition coefficient (Wildman–Crippen LogP) is 3.96. The van der Waals surface area contributed by atoms with Gasteiger partial charge in [0, 0.05) is 48.6 Å². The van der Waals surface area contributed by atoms with E-state index in [4.69, 9.17) is 4.74 Å². The molecule has 1 aromatic heterocycles. The van der Waals surface area contributed by atoms with E-state index in [1.54, 1.807) is 23.9 Å². The fourth-order valence-electron chi connectivity index (χ4n) is 3.61. The minimum Gasteiger partial charge on any atom is -0.378 e. The molecule has 0 spiro atoms. The van der Waals surface area contributed by atoms with E-state index in [-0.39, 0.29) is 11.6 Å². The van der Waals surface area contributed by atoms with Crippen molar-refractivity contribution in [3.05, 3.63) is 64.7 Å². The number of morpholine rings is 1. The number of aromatic nitrogens is 3. The van der Waals surface area contributed by atoms with Crippen molar-refractivity contribution in [2.75, 3.05) is 32.1 Å². The van der Waals surface area contributed by atoms with Crippen LogP contribution in [0, 0.1) is 10.1 Å². The molecule has 172 valence electrons. The zero-order valence-corrected chi connectivity index (χ0v) is 18.9. The lowest BCUT2D eigenvalue weighted by Gasteiger charge is -2.26. The lowest BCUT2D eigenvalue weighted by Crippen LogP contribution is -2.40. The van der Waals surface area contributed by atoms with Gasteiger partial charge in [0.1, 0.15) is 0 Å². The molecule has 9 nitrogen and oxygen atoms in total. The first-order chi connectivity index (χ1) is 16.1. The van der Waals surface area contributed by atoms with Gasteiger partial charge in [-0.25, -0.2) is 0 Å². The predicted molar refractivity (Wildman–Crippen MR) is 125 cm³/mol. The zero-order valence-electron chi connectivity index (χ0n) is 18.1. The number of nitro benzene ring substituents is 1. The molecule has 1 fully saturated rings. The van der Waals surface area contributed by atoms with E-state index in [1.807, 2.05) is 39.8 Å². The molecular weight excluding hydrogens is 442 g/mol. The van der Waals surface area contributed by atoms with Crippen LogP contribution in [-0.4, -0.2) is 62.6 Å². The maximum Gasteiger partial charge on any atom is 0.269 e. The van der Waals surface area contributed by atoms with Gasteiger partial charge in [0.15, 0.2) is 11.0 Å². The van der Waals surface area contributed by atoms with Crippen LogP contribution >= 0.6 is 11.8 Å². The number of carbonyl (C=O) groups excluding carboxylic acids is 1. The van der Waals surface area contributed by atoms with Crippen LogP contribution in [0.4, 0.5) is 5.69 Å². The van der Waals surface area contributed by atoms with Crippen LogP contribution in [0.2, 0.25) is 0 Å². The highest BCUT2D eigenvalue weighted by atomic mass is 32.2. The van der Waals surface area contributed by atoms with Crippen molar-refractivity contribution in [1.82, 2.24) is 19.7 Å². The Morgan fingerprint density at radius 2 is 1.76 bits per heavy atom. The fourth-order valence-corrected chi connectivity index (χ4v) is 4.56. The molecule has 0 radical (unpaired) electrons. The fraction of sp³-hybridized carbons (Fsp3) is 0.348. The third-order valence-electron chi connectivity index (χ3n) is 5.36. The topological polar surface area (TPSA) is 103 Å². The van der Waals surface area contributed by atoms with Crippen molar-refractivity contribution in [3.8, 4) is 17.1 Å². The summed E-state index contributed by atoms with van der Waals surface area (Å²) in [4.78, 5) is 24.7. The molecular formula is C23H25N5O4S. The van der Waals surface area contributed by atoms with Gasteiger partial charge in [0.2, 0.25) is 5.91 Å². The Labute approximate surface area is 195 Å². The van der Waals surface area contributed by atoms with Crippen LogP contribution in [0.25, 0.3) is 17.1 Å². The number of hydrogen-bond donors (Lipinski definition) is 0. The smallest absolute Gasteiger partial charge is 0.269 e. The summed E-state index contributed by atoms with van der Waals surface area (Å²) in [5.74, 6) is 1.62. The largest absolute Gasteiger partial charge is 0.378 e. The minimum atomic E-state index is -0.420. The third-order valence-corrected chi connectivity index (χ3v) is 6.38. The summed E-state index contributed by atoms with van der Waals surface area (Å²) in [6.07, 6.45) is 2.24. The molecule has 0 unspecified atom stereocenters. The quantitative estimate of drug-likeness (QED) is 0.203. The van der Waals surface area contributed by atoms with E-state index >= 15 is 0 Å². The van der Waals surface area contributed by atoms with E-state index in [0.717, 1.165) is 35.0 Å². The van der Waals surface area contributed by atoms with Crippen molar-refractivity contribution < 1.29 is 14.5 Å². The lowest BCUT2D eigenvalue weighted by molar-refractivity contribution is -0.384. The Morgan fingerprint density at radius 1 is 1.03 bits per heavy atom. The molecule has 1 amide bonds. The number of carbonyl (C=O) groups is 1. The Bertz CT molecular complexity index is 1080. The maximum absolute atomic E-state index is 12.3. The van der Waals surface area contributed by atoms with Crippen molar-refractivity contribution in [1.29, 1.82) is 0 Å². The molecule has 4 rings (SSSR count). The summed E-state index contributed by atoms with van der Waals surface area (Å²) < 4.78 is 7.26. The maximum atomic E-state index is 12.3. The van der Waals surface area contributed by atoms with Gasteiger partial charge in [-0.15, -0.1) is 10.2 Å². The number of para-hydroxylation sites is 1. The van der Waals surface area contributed by atoms with Gasteiger partial charge in [0.05, 0.1) is 18.1 Å². The van der Waals surface area contributed by atoms with Gasteiger partial charge in [-0.3, -0.25) is 19.5 Å². The Balaban J connectivity index is 1.42. The van der Waals surface area contributed by atoms with Crippen molar-refractivity contribution in [3.63, 3.8) is 0 Å². The number of hydrogen-bond acceptors (Lipinski definition) is 7. The van der Waals surface area contributed by atoms with Crippen molar-refractivity contribution in [2.45, 2.75) is 24.4 Å². The molecule has 3 aromatic rings. The normalized spacial score (nSPS) is 13.8. The Hall–Kier alpha value is -3.24. The first-order valence-corrected chi connectivity index (χ1v) is 11.9. The number of nitro groups is 1. The third kappa shape index (κ3) is 5.77.